The number of methoxy groups -OCH3 is 1. The second kappa shape index (κ2) is 16.0. The largest absolute Gasteiger partial charge is 0.756 e. The lowest BCUT2D eigenvalue weighted by molar-refractivity contribution is -0.298. The summed E-state index contributed by atoms with van der Waals surface area (Å²) in [6.07, 6.45) is -15.0. The van der Waals surface area contributed by atoms with Crippen LogP contribution in [0.4, 0.5) is 0 Å². The zero-order valence-electron chi connectivity index (χ0n) is 22.4. The van der Waals surface area contributed by atoms with Gasteiger partial charge in [-0.25, -0.2) is 9.11 Å². The minimum absolute atomic E-state index is 0.00658. The van der Waals surface area contributed by atoms with Gasteiger partial charge in [0.15, 0.2) is 12.5 Å². The quantitative estimate of drug-likeness (QED) is 0.0705. The van der Waals surface area contributed by atoms with E-state index in [-0.39, 0.29) is 5.75 Å². The summed E-state index contributed by atoms with van der Waals surface area (Å²) in [5.41, 5.74) is -1.77. The first-order chi connectivity index (χ1) is 20.2. The number of rotatable bonds is 16. The van der Waals surface area contributed by atoms with Crippen LogP contribution in [0.3, 0.4) is 0 Å². The van der Waals surface area contributed by atoms with Gasteiger partial charge in [0.2, 0.25) is 0 Å². The van der Waals surface area contributed by atoms with Gasteiger partial charge in [0.25, 0.3) is 21.2 Å². The van der Waals surface area contributed by atoms with Crippen molar-refractivity contribution in [3.63, 3.8) is 0 Å². The van der Waals surface area contributed by atoms with Crippen molar-refractivity contribution in [2.45, 2.75) is 55.2 Å². The molecule has 2 aliphatic rings. The zero-order valence-corrected chi connectivity index (χ0v) is 25.0. The van der Waals surface area contributed by atoms with E-state index in [0.717, 1.165) is 12.3 Å². The van der Waals surface area contributed by atoms with Crippen molar-refractivity contribution in [2.24, 2.45) is 0 Å². The van der Waals surface area contributed by atoms with E-state index in [9.17, 15) is 54.0 Å². The number of hydrogen-bond acceptors (Lipinski definition) is 19. The highest BCUT2D eigenvalue weighted by atomic mass is 32.2. The van der Waals surface area contributed by atoms with E-state index >= 15 is 0 Å². The van der Waals surface area contributed by atoms with Crippen LogP contribution in [-0.4, -0.2) is 129 Å². The number of nitrogens with one attached hydrogen (secondary N) is 1. The van der Waals surface area contributed by atoms with Crippen LogP contribution >= 0.6 is 27.4 Å². The third-order valence-electron chi connectivity index (χ3n) is 6.05. The van der Waals surface area contributed by atoms with Crippen LogP contribution in [0, 0.1) is 0 Å². The van der Waals surface area contributed by atoms with E-state index in [0.29, 0.717) is 30.1 Å². The van der Waals surface area contributed by atoms with E-state index in [1.807, 2.05) is 4.98 Å². The molecule has 0 aromatic carbocycles. The van der Waals surface area contributed by atoms with Crippen molar-refractivity contribution >= 4 is 27.4 Å². The minimum Gasteiger partial charge on any atom is -0.756 e. The molecule has 0 aliphatic carbocycles. The average Bonchev–Trinajstić information content (AvgIpc) is 3.20. The summed E-state index contributed by atoms with van der Waals surface area (Å²) < 4.78 is 58.8. The number of hydrogen-bond donors (Lipinski definition) is 6. The predicted molar refractivity (Wildman–Crippen MR) is 137 cm³/mol. The molecule has 2 aliphatic heterocycles. The van der Waals surface area contributed by atoms with Gasteiger partial charge in [-0.2, -0.15) is 11.8 Å². The normalized spacial score (nSPS) is 34.1. The Morgan fingerprint density at radius 3 is 2.33 bits per heavy atom. The smallest absolute Gasteiger partial charge is 0.330 e. The van der Waals surface area contributed by atoms with Gasteiger partial charge in [-0.05, 0) is 0 Å². The van der Waals surface area contributed by atoms with Crippen LogP contribution in [0.15, 0.2) is 21.9 Å². The second-order valence-corrected chi connectivity index (χ2v) is 13.2. The third kappa shape index (κ3) is 10.2. The number of nitrogens with zero attached hydrogens (tertiary/aromatic N) is 1. The molecule has 6 N–H and O–H groups in total. The van der Waals surface area contributed by atoms with E-state index < -0.39 is 88.7 Å². The van der Waals surface area contributed by atoms with Gasteiger partial charge in [-0.15, -0.1) is 0 Å². The van der Waals surface area contributed by atoms with Crippen molar-refractivity contribution in [3.8, 4) is 0 Å². The maximum absolute atomic E-state index is 12.3. The Morgan fingerprint density at radius 1 is 0.953 bits per heavy atom. The molecule has 20 nitrogen and oxygen atoms in total. The predicted octanol–water partition coefficient (Wildman–Crippen LogP) is -4.65. The van der Waals surface area contributed by atoms with Gasteiger partial charge in [0.05, 0.1) is 32.5 Å². The van der Waals surface area contributed by atoms with Crippen molar-refractivity contribution in [3.05, 3.63) is 33.1 Å². The number of phosphoric acid groups is 2. The number of ether oxygens (including phenoxy) is 4. The highest BCUT2D eigenvalue weighted by molar-refractivity contribution is 7.99. The summed E-state index contributed by atoms with van der Waals surface area (Å²) in [5, 5.41) is 50.8. The van der Waals surface area contributed by atoms with Gasteiger partial charge in [-0.1, -0.05) is 0 Å². The first kappa shape index (κ1) is 36.4. The Bertz CT molecular complexity index is 1250. The molecule has 3 rings (SSSR count). The number of aliphatic hydroxyl groups excluding tert-OH is 5. The molecule has 0 bridgehead atoms. The molecule has 0 saturated carbocycles. The van der Waals surface area contributed by atoms with Crippen LogP contribution in [0.5, 0.6) is 0 Å². The molecule has 0 spiro atoms. The number of aromatic amines is 1. The van der Waals surface area contributed by atoms with Gasteiger partial charge in [0, 0.05) is 30.9 Å². The van der Waals surface area contributed by atoms with Crippen LogP contribution in [0.25, 0.3) is 0 Å². The maximum Gasteiger partial charge on any atom is 0.330 e. The van der Waals surface area contributed by atoms with Crippen LogP contribution < -0.4 is 21.0 Å². The Balaban J connectivity index is 1.54. The lowest BCUT2D eigenvalue weighted by atomic mass is 10.0. The summed E-state index contributed by atoms with van der Waals surface area (Å²) in [6, 6.07) is 0.924. The van der Waals surface area contributed by atoms with E-state index in [4.69, 9.17) is 18.9 Å². The molecule has 1 aromatic heterocycles. The first-order valence-electron chi connectivity index (χ1n) is 12.5. The van der Waals surface area contributed by atoms with Crippen molar-refractivity contribution in [2.75, 3.05) is 45.0 Å². The molecule has 2 saturated heterocycles. The standard InChI is InChI=1S/C20H34N2O18P2S/c1-34-4-5-35-6-7-43-9-11-14(25)15(26)17(28)19(38-11)39-42(32,33)40-41(30,31)36-8-10-13(24)16(27)18(37-10)22-3-2-12(23)21-20(22)29/h2-3,10-11,13-19,24-28H,4-9H2,1H3,(H,30,31)(H,32,33)(H,21,23,29)/p-2/t10?,11?,13-,14+,15?,16-,17+,18?,19-/m1/s1. The SMILES string of the molecule is COCCOCCSCC1O[C@H](OP(=O)([O-])OP(=O)([O-])OCC2OC(n3ccc(=O)[nH]c3=O)[C@H](O)[C@@H]2O)[C@@H](O)C(O)[C@H]1O. The molecule has 1 aromatic rings. The molecule has 0 amide bonds. The number of H-pyrrole nitrogens is 1. The molecule has 3 heterocycles. The van der Waals surface area contributed by atoms with Crippen LogP contribution in [0.1, 0.15) is 6.23 Å². The Labute approximate surface area is 247 Å². The fourth-order valence-electron chi connectivity index (χ4n) is 3.88. The van der Waals surface area contributed by atoms with Gasteiger partial charge in [0.1, 0.15) is 36.6 Å². The second-order valence-electron chi connectivity index (χ2n) is 9.14. The van der Waals surface area contributed by atoms with Crippen molar-refractivity contribution in [1.29, 1.82) is 0 Å². The Hall–Kier alpha value is -1.07. The molecule has 0 radical (unpaired) electrons. The Kier molecular flexibility index (Phi) is 13.5. The van der Waals surface area contributed by atoms with Gasteiger partial charge < -0.3 is 58.8 Å². The average molecular weight is 682 g/mol. The summed E-state index contributed by atoms with van der Waals surface area (Å²) in [6.45, 7) is -0.0626. The van der Waals surface area contributed by atoms with E-state index in [2.05, 4.69) is 13.4 Å². The molecule has 6 unspecified atom stereocenters. The third-order valence-corrected chi connectivity index (χ3v) is 9.60. The summed E-state index contributed by atoms with van der Waals surface area (Å²) >= 11 is 1.20. The fraction of sp³-hybridized carbons (Fsp3) is 0.800. The topological polar surface area (TPSA) is 301 Å². The summed E-state index contributed by atoms with van der Waals surface area (Å²) in [7, 11) is -10.2. The number of thioether (sulfide) groups is 1. The lowest BCUT2D eigenvalue weighted by Gasteiger charge is -2.42. The van der Waals surface area contributed by atoms with Crippen molar-refractivity contribution < 1.29 is 76.8 Å². The Morgan fingerprint density at radius 2 is 1.65 bits per heavy atom. The maximum atomic E-state index is 12.3. The molecular formula is C20H32N2O18P2S-2. The highest BCUT2D eigenvalue weighted by Crippen LogP contribution is 2.57. The summed E-state index contributed by atoms with van der Waals surface area (Å²) in [4.78, 5) is 49.7. The first-order valence-corrected chi connectivity index (χ1v) is 16.6. The molecule has 2 fully saturated rings. The highest BCUT2D eigenvalue weighted by Gasteiger charge is 2.47. The number of aliphatic hydroxyl groups is 5. The minimum atomic E-state index is -5.90. The monoisotopic (exact) mass is 682 g/mol. The number of aromatic nitrogens is 2. The fourth-order valence-corrected chi connectivity index (χ4v) is 6.88. The molecule has 11 atom stereocenters. The van der Waals surface area contributed by atoms with Gasteiger partial charge in [-0.3, -0.25) is 28.0 Å². The summed E-state index contributed by atoms with van der Waals surface area (Å²) in [5.74, 6) is 0.409. The van der Waals surface area contributed by atoms with Gasteiger partial charge >= 0.3 is 5.69 Å². The molecule has 23 heteroatoms. The van der Waals surface area contributed by atoms with Crippen LogP contribution in [-0.2, 0) is 41.4 Å². The lowest BCUT2D eigenvalue weighted by Crippen LogP contribution is -2.58. The van der Waals surface area contributed by atoms with E-state index in [1.54, 1.807) is 0 Å². The van der Waals surface area contributed by atoms with Crippen LogP contribution in [0.2, 0.25) is 0 Å². The van der Waals surface area contributed by atoms with Crippen molar-refractivity contribution in [1.82, 2.24) is 9.55 Å². The zero-order chi connectivity index (χ0) is 31.9. The molecular weight excluding hydrogens is 650 g/mol. The van der Waals surface area contributed by atoms with E-state index in [1.165, 1.54) is 18.9 Å². The molecule has 43 heavy (non-hydrogen) atoms. The number of phosphoric ester groups is 2. The molecule has 248 valence electrons.